The predicted molar refractivity (Wildman–Crippen MR) is 80.4 cm³/mol. The van der Waals surface area contributed by atoms with Crippen molar-refractivity contribution in [2.24, 2.45) is 5.92 Å². The Kier molecular flexibility index (Phi) is 3.54. The van der Waals surface area contributed by atoms with E-state index in [2.05, 4.69) is 10.3 Å². The van der Waals surface area contributed by atoms with Gasteiger partial charge in [-0.3, -0.25) is 4.79 Å². The summed E-state index contributed by atoms with van der Waals surface area (Å²) in [5, 5.41) is 4.67. The monoisotopic (exact) mass is 269 g/mol. The van der Waals surface area contributed by atoms with Gasteiger partial charge in [-0.1, -0.05) is 37.1 Å². The van der Waals surface area contributed by atoms with Gasteiger partial charge in [-0.2, -0.15) is 0 Å². The molecule has 1 aliphatic rings. The third kappa shape index (κ3) is 2.74. The molecule has 0 radical (unpaired) electrons. The summed E-state index contributed by atoms with van der Waals surface area (Å²) in [4.78, 5) is 16.4. The van der Waals surface area contributed by atoms with Gasteiger partial charge in [0.2, 0.25) is 0 Å². The Morgan fingerprint density at radius 1 is 1.30 bits per heavy atom. The topological polar surface area (TPSA) is 68.0 Å². The number of benzene rings is 1. The van der Waals surface area contributed by atoms with Crippen molar-refractivity contribution in [2.75, 3.05) is 12.3 Å². The molecule has 0 unspecified atom stereocenters. The number of nitrogens with one attached hydrogen (secondary N) is 1. The second kappa shape index (κ2) is 5.49. The minimum absolute atomic E-state index is 0.0653. The Morgan fingerprint density at radius 3 is 2.80 bits per heavy atom. The Bertz CT molecular complexity index is 635. The highest BCUT2D eigenvalue weighted by Crippen LogP contribution is 2.33. The van der Waals surface area contributed by atoms with E-state index < -0.39 is 0 Å². The largest absolute Gasteiger partial charge is 0.383 e. The molecule has 1 aromatic heterocycles. The number of pyridine rings is 1. The Morgan fingerprint density at radius 2 is 2.05 bits per heavy atom. The van der Waals surface area contributed by atoms with Crippen LogP contribution in [0.3, 0.4) is 0 Å². The number of fused-ring (bicyclic) bond motifs is 1. The molecule has 1 amide bonds. The van der Waals surface area contributed by atoms with Crippen LogP contribution in [0.2, 0.25) is 0 Å². The normalized spacial score (nSPS) is 14.4. The molecule has 1 aromatic carbocycles. The molecule has 1 heterocycles. The summed E-state index contributed by atoms with van der Waals surface area (Å²) in [5.41, 5.74) is 6.44. The van der Waals surface area contributed by atoms with E-state index in [1.54, 1.807) is 6.20 Å². The fraction of sp³-hybridized carbons (Fsp3) is 0.375. The summed E-state index contributed by atoms with van der Waals surface area (Å²) in [6.07, 6.45) is 6.56. The summed E-state index contributed by atoms with van der Waals surface area (Å²) in [6.45, 7) is 0.730. The molecule has 20 heavy (non-hydrogen) atoms. The number of anilines is 1. The van der Waals surface area contributed by atoms with Gasteiger partial charge in [-0.15, -0.1) is 0 Å². The van der Waals surface area contributed by atoms with Gasteiger partial charge in [0.25, 0.3) is 5.91 Å². The summed E-state index contributed by atoms with van der Waals surface area (Å²) in [7, 11) is 0. The van der Waals surface area contributed by atoms with E-state index in [-0.39, 0.29) is 5.91 Å². The molecular formula is C16H19N3O. The molecule has 0 saturated heterocycles. The van der Waals surface area contributed by atoms with E-state index in [1.807, 2.05) is 24.3 Å². The van der Waals surface area contributed by atoms with E-state index in [0.29, 0.717) is 11.4 Å². The van der Waals surface area contributed by atoms with Crippen molar-refractivity contribution in [3.8, 4) is 0 Å². The fourth-order valence-electron chi connectivity index (χ4n) is 2.49. The van der Waals surface area contributed by atoms with E-state index >= 15 is 0 Å². The highest BCUT2D eigenvalue weighted by molar-refractivity contribution is 6.08. The van der Waals surface area contributed by atoms with Crippen LogP contribution in [0.25, 0.3) is 10.8 Å². The van der Waals surface area contributed by atoms with Crippen LogP contribution in [0.1, 0.15) is 36.0 Å². The zero-order valence-corrected chi connectivity index (χ0v) is 11.4. The lowest BCUT2D eigenvalue weighted by Crippen LogP contribution is -2.25. The van der Waals surface area contributed by atoms with Gasteiger partial charge in [0, 0.05) is 18.1 Å². The molecule has 0 atom stereocenters. The zero-order valence-electron chi connectivity index (χ0n) is 11.4. The molecule has 4 heteroatoms. The van der Waals surface area contributed by atoms with Gasteiger partial charge in [-0.25, -0.2) is 4.98 Å². The maximum atomic E-state index is 12.2. The van der Waals surface area contributed by atoms with Crippen LogP contribution in [0, 0.1) is 5.92 Å². The number of carbonyl (C=O) groups excluding carboxylic acids is 1. The van der Waals surface area contributed by atoms with E-state index in [0.717, 1.165) is 29.7 Å². The molecule has 0 bridgehead atoms. The molecule has 104 valence electrons. The standard InChI is InChI=1S/C16H19N3O/c17-15-13-6-2-1-5-12(13)14(10-19-15)16(20)18-9-3-4-11-7-8-11/h1-2,5-6,10-11H,3-4,7-9H2,(H2,17,19)(H,18,20). The second-order valence-corrected chi connectivity index (χ2v) is 5.44. The second-order valence-electron chi connectivity index (χ2n) is 5.44. The SMILES string of the molecule is Nc1ncc(C(=O)NCCCC2CC2)c2ccccc12. The van der Waals surface area contributed by atoms with Crippen molar-refractivity contribution < 1.29 is 4.79 Å². The van der Waals surface area contributed by atoms with Crippen LogP contribution < -0.4 is 11.1 Å². The first-order valence-corrected chi connectivity index (χ1v) is 7.17. The Labute approximate surface area is 118 Å². The van der Waals surface area contributed by atoms with E-state index in [1.165, 1.54) is 19.3 Å². The van der Waals surface area contributed by atoms with Gasteiger partial charge >= 0.3 is 0 Å². The van der Waals surface area contributed by atoms with E-state index in [4.69, 9.17) is 5.73 Å². The molecule has 3 N–H and O–H groups in total. The molecule has 4 nitrogen and oxygen atoms in total. The number of rotatable bonds is 5. The van der Waals surface area contributed by atoms with Gasteiger partial charge in [0.05, 0.1) is 5.56 Å². The van der Waals surface area contributed by atoms with Crippen molar-refractivity contribution in [2.45, 2.75) is 25.7 Å². The average Bonchev–Trinajstić information content (AvgIpc) is 3.28. The van der Waals surface area contributed by atoms with Gasteiger partial charge in [-0.05, 0) is 24.1 Å². The lowest BCUT2D eigenvalue weighted by molar-refractivity contribution is 0.0954. The van der Waals surface area contributed by atoms with Gasteiger partial charge < -0.3 is 11.1 Å². The molecular weight excluding hydrogens is 250 g/mol. The lowest BCUT2D eigenvalue weighted by atomic mass is 10.1. The molecule has 2 aromatic rings. The lowest BCUT2D eigenvalue weighted by Gasteiger charge is -2.09. The first-order valence-electron chi connectivity index (χ1n) is 7.17. The smallest absolute Gasteiger partial charge is 0.253 e. The highest BCUT2D eigenvalue weighted by Gasteiger charge is 2.20. The maximum Gasteiger partial charge on any atom is 0.253 e. The van der Waals surface area contributed by atoms with Crippen molar-refractivity contribution in [3.05, 3.63) is 36.0 Å². The Hall–Kier alpha value is -2.10. The van der Waals surface area contributed by atoms with Crippen molar-refractivity contribution in [1.29, 1.82) is 0 Å². The zero-order chi connectivity index (χ0) is 13.9. The first kappa shape index (κ1) is 12.9. The molecule has 1 aliphatic carbocycles. The third-order valence-electron chi connectivity index (χ3n) is 3.84. The molecule has 1 fully saturated rings. The number of carbonyl (C=O) groups is 1. The van der Waals surface area contributed by atoms with Crippen LogP contribution in [-0.2, 0) is 0 Å². The van der Waals surface area contributed by atoms with Crippen LogP contribution in [0.15, 0.2) is 30.5 Å². The Balaban J connectivity index is 1.71. The summed E-state index contributed by atoms with van der Waals surface area (Å²) in [6, 6.07) is 7.61. The molecule has 0 aliphatic heterocycles. The van der Waals surface area contributed by atoms with E-state index in [9.17, 15) is 4.79 Å². The average molecular weight is 269 g/mol. The van der Waals surface area contributed by atoms with Gasteiger partial charge in [0.15, 0.2) is 0 Å². The number of hydrogen-bond acceptors (Lipinski definition) is 3. The van der Waals surface area contributed by atoms with Crippen LogP contribution >= 0.6 is 0 Å². The molecule has 3 rings (SSSR count). The fourth-order valence-corrected chi connectivity index (χ4v) is 2.49. The number of nitrogens with two attached hydrogens (primary N) is 1. The summed E-state index contributed by atoms with van der Waals surface area (Å²) >= 11 is 0. The number of hydrogen-bond donors (Lipinski definition) is 2. The number of nitrogen functional groups attached to an aromatic ring is 1. The minimum atomic E-state index is -0.0653. The third-order valence-corrected chi connectivity index (χ3v) is 3.84. The van der Waals surface area contributed by atoms with Crippen molar-refractivity contribution in [1.82, 2.24) is 10.3 Å². The predicted octanol–water partition coefficient (Wildman–Crippen LogP) is 2.74. The van der Waals surface area contributed by atoms with Crippen LogP contribution in [0.4, 0.5) is 5.82 Å². The quantitative estimate of drug-likeness (QED) is 0.820. The molecule has 1 saturated carbocycles. The number of nitrogens with zero attached hydrogens (tertiary/aromatic N) is 1. The van der Waals surface area contributed by atoms with Crippen LogP contribution in [0.5, 0.6) is 0 Å². The highest BCUT2D eigenvalue weighted by atomic mass is 16.1. The van der Waals surface area contributed by atoms with Crippen molar-refractivity contribution in [3.63, 3.8) is 0 Å². The summed E-state index contributed by atoms with van der Waals surface area (Å²) < 4.78 is 0. The van der Waals surface area contributed by atoms with Gasteiger partial charge in [0.1, 0.15) is 5.82 Å². The minimum Gasteiger partial charge on any atom is -0.383 e. The maximum absolute atomic E-state index is 12.2. The summed E-state index contributed by atoms with van der Waals surface area (Å²) in [5.74, 6) is 1.31. The first-order chi connectivity index (χ1) is 9.75. The number of aromatic nitrogens is 1. The van der Waals surface area contributed by atoms with Crippen LogP contribution in [-0.4, -0.2) is 17.4 Å². The number of amides is 1. The van der Waals surface area contributed by atoms with Crippen molar-refractivity contribution >= 4 is 22.5 Å². The molecule has 0 spiro atoms.